The first-order chi connectivity index (χ1) is 4.77. The van der Waals surface area contributed by atoms with Crippen LogP contribution in [-0.4, -0.2) is 24.1 Å². The largest absolute Gasteiger partial charge is 0.726 e. The lowest BCUT2D eigenvalue weighted by Crippen LogP contribution is -2.50. The second-order valence-corrected chi connectivity index (χ2v) is 3.32. The molecule has 0 amide bonds. The summed E-state index contributed by atoms with van der Waals surface area (Å²) in [4.78, 5) is 0. The normalized spacial score (nSPS) is 10.7. The van der Waals surface area contributed by atoms with Gasteiger partial charge >= 0.3 is 0 Å². The van der Waals surface area contributed by atoms with E-state index in [-0.39, 0.29) is 0 Å². The van der Waals surface area contributed by atoms with E-state index in [4.69, 9.17) is 17.5 Å². The van der Waals surface area contributed by atoms with Gasteiger partial charge in [0.15, 0.2) is 0 Å². The molecule has 70 valence electrons. The molecule has 5 nitrogen and oxygen atoms in total. The van der Waals surface area contributed by atoms with Crippen molar-refractivity contribution in [2.75, 3.05) is 6.54 Å². The predicted molar refractivity (Wildman–Crippen MR) is 39.5 cm³/mol. The van der Waals surface area contributed by atoms with E-state index >= 15 is 0 Å². The minimum absolute atomic E-state index is 0.836. The molecule has 0 bridgehead atoms. The lowest BCUT2D eigenvalue weighted by atomic mass is 10.1. The van der Waals surface area contributed by atoms with E-state index in [1.54, 1.807) is 0 Å². The van der Waals surface area contributed by atoms with Crippen molar-refractivity contribution >= 4 is 10.4 Å². The van der Waals surface area contributed by atoms with Gasteiger partial charge < -0.3 is 10.3 Å². The van der Waals surface area contributed by atoms with Crippen molar-refractivity contribution in [3.8, 4) is 0 Å². The zero-order valence-electron chi connectivity index (χ0n) is 6.78. The highest BCUT2D eigenvalue weighted by molar-refractivity contribution is 7.79. The van der Waals surface area contributed by atoms with E-state index in [0.717, 1.165) is 12.5 Å². The summed E-state index contributed by atoms with van der Waals surface area (Å²) in [5.41, 5.74) is 3.73. The Balaban J connectivity index is 0. The third kappa shape index (κ3) is 75.2. The highest BCUT2D eigenvalue weighted by Crippen LogP contribution is 1.93. The summed E-state index contributed by atoms with van der Waals surface area (Å²) in [6.07, 6.45) is 1.26. The van der Waals surface area contributed by atoms with Crippen LogP contribution in [0.2, 0.25) is 0 Å². The van der Waals surface area contributed by atoms with E-state index in [0.29, 0.717) is 0 Å². The molecule has 0 aliphatic rings. The Morgan fingerprint density at radius 1 is 1.55 bits per heavy atom. The van der Waals surface area contributed by atoms with Gasteiger partial charge in [0.2, 0.25) is 10.4 Å². The molecule has 4 N–H and O–H groups in total. The lowest BCUT2D eigenvalue weighted by Gasteiger charge is -1.94. The molecule has 0 rings (SSSR count). The maximum Gasteiger partial charge on any atom is 0.215 e. The highest BCUT2D eigenvalue weighted by Gasteiger charge is 1.88. The van der Waals surface area contributed by atoms with E-state index < -0.39 is 10.4 Å². The third-order valence-electron chi connectivity index (χ3n) is 0.781. The standard InChI is InChI=1S/C5H13N.H2O4S/c1-5(2)3-4-6;1-5(2,3)4/h5H,3-4,6H2,1-2H3;(H2,1,2,3,4). The average Bonchev–Trinajstić information content (AvgIpc) is 1.58. The van der Waals surface area contributed by atoms with Gasteiger partial charge in [-0.25, -0.2) is 8.42 Å². The van der Waals surface area contributed by atoms with Crippen LogP contribution in [0.3, 0.4) is 0 Å². The van der Waals surface area contributed by atoms with Crippen LogP contribution < -0.4 is 5.73 Å². The van der Waals surface area contributed by atoms with Crippen LogP contribution in [0.5, 0.6) is 0 Å². The molecular formula is C5H15NO4S. The van der Waals surface area contributed by atoms with Gasteiger partial charge in [-0.1, -0.05) is 13.8 Å². The average molecular weight is 185 g/mol. The topological polar surface area (TPSA) is 105 Å². The van der Waals surface area contributed by atoms with Crippen LogP contribution in [0, 0.1) is 5.92 Å². The summed E-state index contributed by atoms with van der Waals surface area (Å²) >= 11 is 0. The van der Waals surface area contributed by atoms with Crippen LogP contribution in [0.1, 0.15) is 20.3 Å². The Morgan fingerprint density at radius 3 is 1.82 bits per heavy atom. The molecule has 0 atom stereocenters. The van der Waals surface area contributed by atoms with Crippen molar-refractivity contribution in [2.45, 2.75) is 20.3 Å². The Labute approximate surface area is 67.2 Å². The molecule has 11 heavy (non-hydrogen) atoms. The zero-order chi connectivity index (χ0) is 9.49. The van der Waals surface area contributed by atoms with E-state index in [9.17, 15) is 0 Å². The van der Waals surface area contributed by atoms with Gasteiger partial charge in [0.25, 0.3) is 0 Å². The molecule has 0 aromatic heterocycles. The summed E-state index contributed by atoms with van der Waals surface area (Å²) in [6, 6.07) is 0. The minimum atomic E-state index is -4.92. The molecular weight excluding hydrogens is 170 g/mol. The number of hydrogen-bond acceptors (Lipinski definition) is 3. The van der Waals surface area contributed by atoms with Crippen LogP contribution in [-0.2, 0) is 10.4 Å². The van der Waals surface area contributed by atoms with Crippen LogP contribution in [0.25, 0.3) is 0 Å². The van der Waals surface area contributed by atoms with Gasteiger partial charge in [-0.05, 0) is 12.3 Å². The van der Waals surface area contributed by atoms with Crippen molar-refractivity contribution in [1.82, 2.24) is 0 Å². The second kappa shape index (κ2) is 6.53. The van der Waals surface area contributed by atoms with Crippen molar-refractivity contribution < 1.29 is 23.3 Å². The van der Waals surface area contributed by atoms with Gasteiger partial charge in [-0.15, -0.1) is 0 Å². The van der Waals surface area contributed by atoms with Gasteiger partial charge in [0.05, 0.1) is 6.54 Å². The summed E-state index contributed by atoms with van der Waals surface area (Å²) in [5, 5.41) is 0. The highest BCUT2D eigenvalue weighted by atomic mass is 32.3. The summed E-state index contributed by atoms with van der Waals surface area (Å²) in [5.74, 6) is 0.836. The Morgan fingerprint density at radius 2 is 1.82 bits per heavy atom. The Hall–Kier alpha value is -0.170. The van der Waals surface area contributed by atoms with E-state index in [1.807, 2.05) is 0 Å². The molecule has 0 heterocycles. The van der Waals surface area contributed by atoms with Crippen LogP contribution in [0.15, 0.2) is 0 Å². The maximum atomic E-state index is 8.63. The first kappa shape index (κ1) is 13.4. The number of quaternary nitrogens is 1. The van der Waals surface area contributed by atoms with Crippen molar-refractivity contribution in [2.24, 2.45) is 5.92 Å². The monoisotopic (exact) mass is 185 g/mol. The second-order valence-electron chi connectivity index (χ2n) is 2.46. The summed E-state index contributed by atoms with van der Waals surface area (Å²) in [6.45, 7) is 5.51. The fourth-order valence-electron chi connectivity index (χ4n) is 0.408. The maximum absolute atomic E-state index is 8.63. The smallest absolute Gasteiger partial charge is 0.215 e. The van der Waals surface area contributed by atoms with Crippen LogP contribution >= 0.6 is 0 Å². The number of rotatable bonds is 2. The Kier molecular flexibility index (Phi) is 7.97. The van der Waals surface area contributed by atoms with Gasteiger partial charge in [-0.2, -0.15) is 0 Å². The molecule has 0 aliphatic heterocycles. The SMILES string of the molecule is CC(C)CC[NH3+].O=S(=O)([O-])O. The molecule has 0 aromatic rings. The molecule has 0 unspecified atom stereocenters. The van der Waals surface area contributed by atoms with Crippen molar-refractivity contribution in [3.63, 3.8) is 0 Å². The molecule has 0 aliphatic carbocycles. The molecule has 0 fully saturated rings. The minimum Gasteiger partial charge on any atom is -0.726 e. The molecule has 0 spiro atoms. The quantitative estimate of drug-likeness (QED) is 0.437. The molecule has 0 radical (unpaired) electrons. The first-order valence-corrected chi connectivity index (χ1v) is 4.61. The van der Waals surface area contributed by atoms with Crippen molar-refractivity contribution in [3.05, 3.63) is 0 Å². The van der Waals surface area contributed by atoms with Crippen molar-refractivity contribution in [1.29, 1.82) is 0 Å². The van der Waals surface area contributed by atoms with E-state index in [2.05, 4.69) is 19.6 Å². The third-order valence-corrected chi connectivity index (χ3v) is 0.781. The van der Waals surface area contributed by atoms with Gasteiger partial charge in [0.1, 0.15) is 0 Å². The summed E-state index contributed by atoms with van der Waals surface area (Å²) in [7, 11) is -4.92. The lowest BCUT2D eigenvalue weighted by molar-refractivity contribution is -0.369. The summed E-state index contributed by atoms with van der Waals surface area (Å²) < 4.78 is 32.8. The molecule has 6 heteroatoms. The van der Waals surface area contributed by atoms with Gasteiger partial charge in [0, 0.05) is 0 Å². The fourth-order valence-corrected chi connectivity index (χ4v) is 0.408. The zero-order valence-corrected chi connectivity index (χ0v) is 7.60. The number of hydrogen-bond donors (Lipinski definition) is 2. The molecule has 0 saturated heterocycles. The fraction of sp³-hybridized carbons (Fsp3) is 1.00. The van der Waals surface area contributed by atoms with E-state index in [1.165, 1.54) is 6.42 Å². The first-order valence-electron chi connectivity index (χ1n) is 3.25. The molecule has 0 aromatic carbocycles. The molecule has 0 saturated carbocycles. The predicted octanol–water partition coefficient (Wildman–Crippen LogP) is -0.721. The Bertz CT molecular complexity index is 155. The van der Waals surface area contributed by atoms with Gasteiger partial charge in [-0.3, -0.25) is 4.55 Å². The van der Waals surface area contributed by atoms with Crippen LogP contribution in [0.4, 0.5) is 0 Å².